The van der Waals surface area contributed by atoms with Crippen molar-refractivity contribution < 1.29 is 22.7 Å². The first-order chi connectivity index (χ1) is 13.3. The maximum absolute atomic E-state index is 12.8. The quantitative estimate of drug-likeness (QED) is 0.713. The molecule has 1 N–H and O–H groups in total. The van der Waals surface area contributed by atoms with Gasteiger partial charge in [-0.3, -0.25) is 0 Å². The molecule has 2 aromatic rings. The summed E-state index contributed by atoms with van der Waals surface area (Å²) >= 11 is 5.92. The predicted octanol–water partition coefficient (Wildman–Crippen LogP) is 5.57. The first-order valence-corrected chi connectivity index (χ1v) is 9.28. The zero-order chi connectivity index (χ0) is 20.1. The van der Waals surface area contributed by atoms with Gasteiger partial charge in [0.2, 0.25) is 0 Å². The highest BCUT2D eigenvalue weighted by atomic mass is 35.5. The number of benzene rings is 2. The second kappa shape index (κ2) is 8.84. The fourth-order valence-corrected chi connectivity index (χ4v) is 3.27. The fraction of sp³-hybridized carbons (Fsp3) is 0.350. The lowest BCUT2D eigenvalue weighted by Gasteiger charge is -2.32. The Morgan fingerprint density at radius 1 is 1.21 bits per heavy atom. The van der Waals surface area contributed by atoms with Crippen molar-refractivity contribution in [3.8, 4) is 0 Å². The average molecular weight is 413 g/mol. The molecule has 4 nitrogen and oxygen atoms in total. The topological polar surface area (TPSA) is 41.6 Å². The van der Waals surface area contributed by atoms with Crippen LogP contribution in [0.2, 0.25) is 5.02 Å². The van der Waals surface area contributed by atoms with Crippen LogP contribution in [0.1, 0.15) is 24.0 Å². The number of carbonyl (C=O) groups is 1. The van der Waals surface area contributed by atoms with Crippen LogP contribution in [0.4, 0.5) is 23.7 Å². The molecule has 28 heavy (non-hydrogen) atoms. The molecule has 3 rings (SSSR count). The van der Waals surface area contributed by atoms with Crippen LogP contribution in [0.15, 0.2) is 48.5 Å². The zero-order valence-electron chi connectivity index (χ0n) is 15.0. The van der Waals surface area contributed by atoms with E-state index in [0.717, 1.165) is 25.0 Å². The molecule has 0 unspecified atom stereocenters. The van der Waals surface area contributed by atoms with Gasteiger partial charge < -0.3 is 15.0 Å². The number of urea groups is 1. The maximum Gasteiger partial charge on any atom is 0.416 e. The summed E-state index contributed by atoms with van der Waals surface area (Å²) in [4.78, 5) is 14.1. The number of ether oxygens (including phenoxy) is 1. The van der Waals surface area contributed by atoms with Gasteiger partial charge in [0.1, 0.15) is 0 Å². The molecule has 1 saturated heterocycles. The number of alkyl halides is 3. The molecule has 1 aliphatic heterocycles. The molecule has 0 radical (unpaired) electrons. The Morgan fingerprint density at radius 2 is 2.00 bits per heavy atom. The third-order valence-corrected chi connectivity index (χ3v) is 4.72. The minimum atomic E-state index is -4.38. The molecule has 150 valence electrons. The van der Waals surface area contributed by atoms with Gasteiger partial charge in [0.05, 0.1) is 18.3 Å². The molecule has 1 aliphatic rings. The molecule has 2 amide bonds. The van der Waals surface area contributed by atoms with Crippen molar-refractivity contribution in [2.24, 2.45) is 0 Å². The van der Waals surface area contributed by atoms with Gasteiger partial charge in [-0.15, -0.1) is 0 Å². The lowest BCUT2D eigenvalue weighted by molar-refractivity contribution is -0.137. The Kier molecular flexibility index (Phi) is 6.46. The monoisotopic (exact) mass is 412 g/mol. The molecule has 0 aliphatic carbocycles. The first kappa shape index (κ1) is 20.5. The summed E-state index contributed by atoms with van der Waals surface area (Å²) in [6, 6.07) is 11.7. The van der Waals surface area contributed by atoms with Crippen LogP contribution in [0.5, 0.6) is 0 Å². The Labute approximate surface area is 166 Å². The molecule has 8 heteroatoms. The smallest absolute Gasteiger partial charge is 0.372 e. The highest BCUT2D eigenvalue weighted by Gasteiger charge is 2.30. The van der Waals surface area contributed by atoms with Gasteiger partial charge in [0.25, 0.3) is 0 Å². The zero-order valence-corrected chi connectivity index (χ0v) is 15.8. The van der Waals surface area contributed by atoms with Crippen LogP contribution < -0.4 is 5.32 Å². The molecule has 0 aromatic heterocycles. The number of amides is 2. The number of likely N-dealkylation sites (tertiary alicyclic amines) is 1. The number of halogens is 4. The average Bonchev–Trinajstić information content (AvgIpc) is 2.66. The lowest BCUT2D eigenvalue weighted by atomic mass is 10.1. The largest absolute Gasteiger partial charge is 0.416 e. The molecular weight excluding hydrogens is 393 g/mol. The molecule has 0 saturated carbocycles. The van der Waals surface area contributed by atoms with E-state index in [0.29, 0.717) is 29.4 Å². The number of rotatable bonds is 4. The van der Waals surface area contributed by atoms with Gasteiger partial charge in [-0.25, -0.2) is 4.79 Å². The highest BCUT2D eigenvalue weighted by Crippen LogP contribution is 2.30. The van der Waals surface area contributed by atoms with E-state index >= 15 is 0 Å². The van der Waals surface area contributed by atoms with Crippen LogP contribution in [0.25, 0.3) is 0 Å². The summed E-state index contributed by atoms with van der Waals surface area (Å²) in [5.74, 6) is 0. The Balaban J connectivity index is 1.54. The Hall–Kier alpha value is -2.25. The normalized spacial score (nSPS) is 17.4. The summed E-state index contributed by atoms with van der Waals surface area (Å²) in [5.41, 5.74) is 0.361. The molecule has 1 fully saturated rings. The molecule has 1 heterocycles. The van der Waals surface area contributed by atoms with Crippen molar-refractivity contribution in [1.29, 1.82) is 0 Å². The second-order valence-corrected chi connectivity index (χ2v) is 7.10. The third-order valence-electron chi connectivity index (χ3n) is 4.48. The fourth-order valence-electron chi connectivity index (χ4n) is 3.08. The van der Waals surface area contributed by atoms with Crippen molar-refractivity contribution >= 4 is 23.3 Å². The minimum absolute atomic E-state index is 0.0678. The van der Waals surface area contributed by atoms with Crippen molar-refractivity contribution in [3.63, 3.8) is 0 Å². The van der Waals surface area contributed by atoms with E-state index in [1.165, 1.54) is 6.07 Å². The SMILES string of the molecule is O=C(Nc1cccc(Cl)c1)N1CCC[C@H](OCc2cccc(C(F)(F)F)c2)C1. The minimum Gasteiger partial charge on any atom is -0.372 e. The summed E-state index contributed by atoms with van der Waals surface area (Å²) < 4.78 is 44.2. The van der Waals surface area contributed by atoms with E-state index in [2.05, 4.69) is 5.32 Å². The van der Waals surface area contributed by atoms with Crippen LogP contribution in [-0.4, -0.2) is 30.1 Å². The van der Waals surface area contributed by atoms with Crippen molar-refractivity contribution in [1.82, 2.24) is 4.90 Å². The highest BCUT2D eigenvalue weighted by molar-refractivity contribution is 6.30. The molecular formula is C20H20ClF3N2O2. The Morgan fingerprint density at radius 3 is 2.75 bits per heavy atom. The summed E-state index contributed by atoms with van der Waals surface area (Å²) in [5, 5.41) is 3.32. The van der Waals surface area contributed by atoms with Crippen molar-refractivity contribution in [3.05, 3.63) is 64.7 Å². The maximum atomic E-state index is 12.8. The number of hydrogen-bond acceptors (Lipinski definition) is 2. The van der Waals surface area contributed by atoms with E-state index < -0.39 is 11.7 Å². The number of hydrogen-bond donors (Lipinski definition) is 1. The number of anilines is 1. The first-order valence-electron chi connectivity index (χ1n) is 8.90. The van der Waals surface area contributed by atoms with Gasteiger partial charge in [-0.1, -0.05) is 29.8 Å². The summed E-state index contributed by atoms with van der Waals surface area (Å²) in [6.07, 6.45) is -3.10. The van der Waals surface area contributed by atoms with E-state index in [-0.39, 0.29) is 18.7 Å². The second-order valence-electron chi connectivity index (χ2n) is 6.66. The summed E-state index contributed by atoms with van der Waals surface area (Å²) in [6.45, 7) is 1.04. The van der Waals surface area contributed by atoms with Gasteiger partial charge >= 0.3 is 12.2 Å². The number of nitrogens with zero attached hydrogens (tertiary/aromatic N) is 1. The lowest BCUT2D eigenvalue weighted by Crippen LogP contribution is -2.45. The van der Waals surface area contributed by atoms with Gasteiger partial charge in [0.15, 0.2) is 0 Å². The molecule has 0 bridgehead atoms. The van der Waals surface area contributed by atoms with Crippen LogP contribution in [0, 0.1) is 0 Å². The van der Waals surface area contributed by atoms with Crippen molar-refractivity contribution in [2.45, 2.75) is 31.7 Å². The van der Waals surface area contributed by atoms with Gasteiger partial charge in [-0.2, -0.15) is 13.2 Å². The Bertz CT molecular complexity index is 829. The van der Waals surface area contributed by atoms with Gasteiger partial charge in [0, 0.05) is 23.8 Å². The van der Waals surface area contributed by atoms with Gasteiger partial charge in [-0.05, 0) is 48.7 Å². The predicted molar refractivity (Wildman–Crippen MR) is 101 cm³/mol. The summed E-state index contributed by atoms with van der Waals surface area (Å²) in [7, 11) is 0. The number of piperidine rings is 1. The van der Waals surface area contributed by atoms with Crippen LogP contribution in [-0.2, 0) is 17.5 Å². The van der Waals surface area contributed by atoms with E-state index in [1.54, 1.807) is 35.2 Å². The molecule has 2 aromatic carbocycles. The third kappa shape index (κ3) is 5.62. The van der Waals surface area contributed by atoms with Crippen LogP contribution >= 0.6 is 11.6 Å². The standard InChI is InChI=1S/C20H20ClF3N2O2/c21-16-6-2-7-17(11-16)25-19(27)26-9-3-8-18(12-26)28-13-14-4-1-5-15(10-14)20(22,23)24/h1-2,4-7,10-11,18H,3,8-9,12-13H2,(H,25,27)/t18-/m0/s1. The van der Waals surface area contributed by atoms with E-state index in [1.807, 2.05) is 0 Å². The van der Waals surface area contributed by atoms with E-state index in [4.69, 9.17) is 16.3 Å². The molecule has 0 spiro atoms. The van der Waals surface area contributed by atoms with E-state index in [9.17, 15) is 18.0 Å². The molecule has 1 atom stereocenters. The van der Waals surface area contributed by atoms with Crippen LogP contribution in [0.3, 0.4) is 0 Å². The number of nitrogens with one attached hydrogen (secondary N) is 1. The number of carbonyl (C=O) groups excluding carboxylic acids is 1. The van der Waals surface area contributed by atoms with Crippen molar-refractivity contribution in [2.75, 3.05) is 18.4 Å².